The van der Waals surface area contributed by atoms with E-state index < -0.39 is 5.97 Å². The molecule has 2 aromatic rings. The van der Waals surface area contributed by atoms with Crippen molar-refractivity contribution in [1.82, 2.24) is 0 Å². The first-order chi connectivity index (χ1) is 11.7. The van der Waals surface area contributed by atoms with Crippen LogP contribution in [0.5, 0.6) is 11.5 Å². The summed E-state index contributed by atoms with van der Waals surface area (Å²) in [5, 5.41) is 8.74. The summed E-state index contributed by atoms with van der Waals surface area (Å²) in [4.78, 5) is 11.8. The zero-order valence-electron chi connectivity index (χ0n) is 13.5. The third-order valence-electron chi connectivity index (χ3n) is 3.31. The van der Waals surface area contributed by atoms with Crippen LogP contribution in [-0.4, -0.2) is 20.2 Å². The van der Waals surface area contributed by atoms with Gasteiger partial charge in [0.05, 0.1) is 25.9 Å². The lowest BCUT2D eigenvalue weighted by atomic mass is 10.1. The van der Waals surface area contributed by atoms with Crippen LogP contribution < -0.4 is 9.47 Å². The van der Waals surface area contributed by atoms with Gasteiger partial charge in [-0.05, 0) is 42.0 Å². The summed E-state index contributed by atoms with van der Waals surface area (Å²) < 4.78 is 15.6. The van der Waals surface area contributed by atoms with E-state index in [2.05, 4.69) is 0 Å². The van der Waals surface area contributed by atoms with Gasteiger partial charge < -0.3 is 14.2 Å². The number of carbonyl (C=O) groups is 1. The zero-order chi connectivity index (χ0) is 17.4. The van der Waals surface area contributed by atoms with Gasteiger partial charge in [0.2, 0.25) is 0 Å². The van der Waals surface area contributed by atoms with Crippen molar-refractivity contribution >= 4 is 12.0 Å². The molecule has 0 spiro atoms. The van der Waals surface area contributed by atoms with Crippen molar-refractivity contribution in [2.75, 3.05) is 14.2 Å². The fourth-order valence-corrected chi connectivity index (χ4v) is 2.02. The largest absolute Gasteiger partial charge is 0.497 e. The molecule has 0 heterocycles. The predicted octanol–water partition coefficient (Wildman–Crippen LogP) is 3.33. The highest BCUT2D eigenvalue weighted by atomic mass is 16.5. The van der Waals surface area contributed by atoms with Gasteiger partial charge in [0.25, 0.3) is 0 Å². The summed E-state index contributed by atoms with van der Waals surface area (Å²) >= 11 is 0. The maximum absolute atomic E-state index is 11.8. The molecule has 24 heavy (non-hydrogen) atoms. The second-order valence-corrected chi connectivity index (χ2v) is 4.85. The zero-order valence-corrected chi connectivity index (χ0v) is 13.5. The molecule has 0 N–H and O–H groups in total. The molecule has 0 unspecified atom stereocenters. The van der Waals surface area contributed by atoms with Crippen LogP contribution in [0.4, 0.5) is 0 Å². The quantitative estimate of drug-likeness (QED) is 0.602. The number of carbonyl (C=O) groups excluding carboxylic acids is 1. The van der Waals surface area contributed by atoms with Crippen LogP contribution in [0.25, 0.3) is 6.08 Å². The smallest absolute Gasteiger partial charge is 0.331 e. The van der Waals surface area contributed by atoms with Crippen molar-refractivity contribution < 1.29 is 19.0 Å². The summed E-state index contributed by atoms with van der Waals surface area (Å²) in [7, 11) is 3.12. The standard InChI is InChI=1S/C19H17NO4/c1-22-17-8-9-18(23-2)16(11-17)13-24-19(21)10-7-14-3-5-15(12-20)6-4-14/h3-11H,13H2,1-2H3/b10-7+. The number of nitriles is 1. The monoisotopic (exact) mass is 323 g/mol. The van der Waals surface area contributed by atoms with Gasteiger partial charge in [-0.3, -0.25) is 0 Å². The average molecular weight is 323 g/mol. The highest BCUT2D eigenvalue weighted by molar-refractivity contribution is 5.87. The van der Waals surface area contributed by atoms with Gasteiger partial charge in [0, 0.05) is 11.6 Å². The molecule has 0 saturated carbocycles. The Morgan fingerprint density at radius 2 is 1.88 bits per heavy atom. The Hall–Kier alpha value is -3.26. The highest BCUT2D eigenvalue weighted by Crippen LogP contribution is 2.24. The lowest BCUT2D eigenvalue weighted by molar-refractivity contribution is -0.138. The van der Waals surface area contributed by atoms with Crippen molar-refractivity contribution in [3.63, 3.8) is 0 Å². The van der Waals surface area contributed by atoms with Crippen LogP contribution in [-0.2, 0) is 16.1 Å². The molecule has 2 aromatic carbocycles. The van der Waals surface area contributed by atoms with Gasteiger partial charge in [-0.25, -0.2) is 4.79 Å². The lowest BCUT2D eigenvalue weighted by Gasteiger charge is -2.10. The van der Waals surface area contributed by atoms with Crippen LogP contribution in [0.1, 0.15) is 16.7 Å². The molecule has 5 nitrogen and oxygen atoms in total. The molecule has 122 valence electrons. The molecule has 0 amide bonds. The summed E-state index contributed by atoms with van der Waals surface area (Å²) in [5.41, 5.74) is 2.10. The number of hydrogen-bond acceptors (Lipinski definition) is 5. The molecular weight excluding hydrogens is 306 g/mol. The maximum atomic E-state index is 11.8. The fraction of sp³-hybridized carbons (Fsp3) is 0.158. The molecule has 5 heteroatoms. The fourth-order valence-electron chi connectivity index (χ4n) is 2.02. The van der Waals surface area contributed by atoms with Crippen molar-refractivity contribution in [1.29, 1.82) is 5.26 Å². The number of nitrogens with zero attached hydrogens (tertiary/aromatic N) is 1. The Kier molecular flexibility index (Phi) is 5.98. The first-order valence-electron chi connectivity index (χ1n) is 7.22. The topological polar surface area (TPSA) is 68.6 Å². The second kappa shape index (κ2) is 8.39. The van der Waals surface area contributed by atoms with Crippen LogP contribution >= 0.6 is 0 Å². The first-order valence-corrected chi connectivity index (χ1v) is 7.22. The molecule has 2 rings (SSSR count). The van der Waals surface area contributed by atoms with E-state index in [0.717, 1.165) is 11.1 Å². The minimum Gasteiger partial charge on any atom is -0.497 e. The van der Waals surface area contributed by atoms with Crippen molar-refractivity contribution in [3.8, 4) is 17.6 Å². The van der Waals surface area contributed by atoms with Crippen molar-refractivity contribution in [2.45, 2.75) is 6.61 Å². The molecule has 0 aromatic heterocycles. The maximum Gasteiger partial charge on any atom is 0.331 e. The van der Waals surface area contributed by atoms with Crippen LogP contribution in [0.2, 0.25) is 0 Å². The Morgan fingerprint density at radius 3 is 2.50 bits per heavy atom. The van der Waals surface area contributed by atoms with E-state index in [1.807, 2.05) is 6.07 Å². The van der Waals surface area contributed by atoms with Crippen LogP contribution in [0.15, 0.2) is 48.5 Å². The second-order valence-electron chi connectivity index (χ2n) is 4.85. The molecule has 0 bridgehead atoms. The molecule has 0 aliphatic carbocycles. The average Bonchev–Trinajstić information content (AvgIpc) is 2.64. The number of esters is 1. The van der Waals surface area contributed by atoms with E-state index in [1.54, 1.807) is 62.8 Å². The summed E-state index contributed by atoms with van der Waals surface area (Å²) in [5.74, 6) is 0.818. The van der Waals surface area contributed by atoms with E-state index in [4.69, 9.17) is 19.5 Å². The van der Waals surface area contributed by atoms with Gasteiger partial charge in [-0.15, -0.1) is 0 Å². The van der Waals surface area contributed by atoms with E-state index in [9.17, 15) is 4.79 Å². The van der Waals surface area contributed by atoms with Crippen molar-refractivity contribution in [3.05, 3.63) is 65.2 Å². The van der Waals surface area contributed by atoms with Gasteiger partial charge in [-0.1, -0.05) is 12.1 Å². The number of methoxy groups -OCH3 is 2. The Morgan fingerprint density at radius 1 is 1.12 bits per heavy atom. The SMILES string of the molecule is COc1ccc(OC)c(COC(=O)/C=C/c2ccc(C#N)cc2)c1. The van der Waals surface area contributed by atoms with Gasteiger partial charge in [-0.2, -0.15) is 5.26 Å². The van der Waals surface area contributed by atoms with Crippen LogP contribution in [0.3, 0.4) is 0 Å². The highest BCUT2D eigenvalue weighted by Gasteiger charge is 2.07. The Balaban J connectivity index is 1.97. The Bertz CT molecular complexity index is 773. The molecule has 0 radical (unpaired) electrons. The minimum absolute atomic E-state index is 0.0803. The van der Waals surface area contributed by atoms with Gasteiger partial charge >= 0.3 is 5.97 Å². The molecule has 0 fully saturated rings. The third-order valence-corrected chi connectivity index (χ3v) is 3.31. The van der Waals surface area contributed by atoms with Crippen molar-refractivity contribution in [2.24, 2.45) is 0 Å². The van der Waals surface area contributed by atoms with E-state index >= 15 is 0 Å². The summed E-state index contributed by atoms with van der Waals surface area (Å²) in [6, 6.07) is 14.2. The first kappa shape index (κ1) is 17.1. The van der Waals surface area contributed by atoms with Crippen LogP contribution in [0, 0.1) is 11.3 Å². The van der Waals surface area contributed by atoms with Gasteiger partial charge in [0.15, 0.2) is 0 Å². The summed E-state index contributed by atoms with van der Waals surface area (Å²) in [6.07, 6.45) is 2.97. The summed E-state index contributed by atoms with van der Waals surface area (Å²) in [6.45, 7) is 0.0803. The van der Waals surface area contributed by atoms with E-state index in [1.165, 1.54) is 6.08 Å². The van der Waals surface area contributed by atoms with E-state index in [0.29, 0.717) is 17.1 Å². The molecule has 0 saturated heterocycles. The number of benzene rings is 2. The molecule has 0 aliphatic rings. The minimum atomic E-state index is -0.468. The van der Waals surface area contributed by atoms with E-state index in [-0.39, 0.29) is 6.61 Å². The Labute approximate surface area is 140 Å². The number of hydrogen-bond donors (Lipinski definition) is 0. The molecular formula is C19H17NO4. The van der Waals surface area contributed by atoms with Gasteiger partial charge in [0.1, 0.15) is 18.1 Å². The lowest BCUT2D eigenvalue weighted by Crippen LogP contribution is -2.02. The predicted molar refractivity (Wildman–Crippen MR) is 89.5 cm³/mol. The normalized spacial score (nSPS) is 10.2. The number of rotatable bonds is 6. The molecule has 0 atom stereocenters. The molecule has 0 aliphatic heterocycles. The third kappa shape index (κ3) is 4.62. The number of ether oxygens (including phenoxy) is 3.